The van der Waals surface area contributed by atoms with Gasteiger partial charge < -0.3 is 9.42 Å². The van der Waals surface area contributed by atoms with E-state index < -0.39 is 0 Å². The molecule has 0 spiro atoms. The summed E-state index contributed by atoms with van der Waals surface area (Å²) in [7, 11) is 4.01. The van der Waals surface area contributed by atoms with Crippen molar-refractivity contribution < 1.29 is 9.32 Å². The van der Waals surface area contributed by atoms with E-state index in [-0.39, 0.29) is 11.7 Å². The topological polar surface area (TPSA) is 84.2 Å². The number of hydrogen-bond donors (Lipinski definition) is 1. The number of anilines is 1. The lowest BCUT2D eigenvalue weighted by molar-refractivity contribution is 0.0987. The second kappa shape index (κ2) is 5.90. The minimum absolute atomic E-state index is 0.224. The molecule has 0 radical (unpaired) electrons. The Kier molecular flexibility index (Phi) is 3.98. The van der Waals surface area contributed by atoms with E-state index in [1.54, 1.807) is 6.07 Å². The normalized spacial score (nSPS) is 14.6. The zero-order valence-electron chi connectivity index (χ0n) is 12.0. The quantitative estimate of drug-likeness (QED) is 0.875. The SMILES string of the molecule is CN(C)CCc1nnc(NC(=O)c2cc(C3CC3)no2)s1. The average Bonchev–Trinajstić information content (AvgIpc) is 3.01. The molecule has 0 aromatic carbocycles. The Morgan fingerprint density at radius 2 is 2.29 bits per heavy atom. The summed E-state index contributed by atoms with van der Waals surface area (Å²) in [4.78, 5) is 14.1. The van der Waals surface area contributed by atoms with Crippen molar-refractivity contribution in [2.45, 2.75) is 25.2 Å². The molecule has 0 bridgehead atoms. The van der Waals surface area contributed by atoms with E-state index in [9.17, 15) is 4.79 Å². The Hall–Kier alpha value is -1.80. The fourth-order valence-electron chi connectivity index (χ4n) is 1.85. The van der Waals surface area contributed by atoms with E-state index in [2.05, 4.69) is 25.6 Å². The Morgan fingerprint density at radius 1 is 1.48 bits per heavy atom. The fourth-order valence-corrected chi connectivity index (χ4v) is 2.57. The van der Waals surface area contributed by atoms with Crippen molar-refractivity contribution in [2.24, 2.45) is 0 Å². The Bertz CT molecular complexity index is 632. The molecular weight excluding hydrogens is 290 g/mol. The summed E-state index contributed by atoms with van der Waals surface area (Å²) >= 11 is 1.38. The molecule has 0 saturated heterocycles. The van der Waals surface area contributed by atoms with Crippen molar-refractivity contribution >= 4 is 22.4 Å². The number of hydrogen-bond acceptors (Lipinski definition) is 7. The predicted molar refractivity (Wildman–Crippen MR) is 78.6 cm³/mol. The maximum absolute atomic E-state index is 12.0. The molecule has 8 heteroatoms. The first-order valence-corrected chi connectivity index (χ1v) is 7.68. The molecule has 1 aliphatic rings. The van der Waals surface area contributed by atoms with Crippen LogP contribution < -0.4 is 5.32 Å². The van der Waals surface area contributed by atoms with Crippen LogP contribution in [0.15, 0.2) is 10.6 Å². The number of aromatic nitrogens is 3. The highest BCUT2D eigenvalue weighted by atomic mass is 32.1. The fraction of sp³-hybridized carbons (Fsp3) is 0.538. The van der Waals surface area contributed by atoms with Crippen LogP contribution in [-0.2, 0) is 6.42 Å². The third-order valence-electron chi connectivity index (χ3n) is 3.21. The molecule has 21 heavy (non-hydrogen) atoms. The molecular formula is C13H17N5O2S. The van der Waals surface area contributed by atoms with Crippen molar-refractivity contribution in [2.75, 3.05) is 26.0 Å². The maximum Gasteiger partial charge on any atom is 0.296 e. The lowest BCUT2D eigenvalue weighted by Gasteiger charge is -2.05. The molecule has 1 N–H and O–H groups in total. The molecule has 112 valence electrons. The highest BCUT2D eigenvalue weighted by Crippen LogP contribution is 2.39. The standard InChI is InChI=1S/C13H17N5O2S/c1-18(2)6-5-11-15-16-13(21-11)14-12(19)10-7-9(17-20-10)8-3-4-8/h7-8H,3-6H2,1-2H3,(H,14,16,19). The van der Waals surface area contributed by atoms with Crippen LogP contribution in [0.5, 0.6) is 0 Å². The number of carbonyl (C=O) groups excluding carboxylic acids is 1. The van der Waals surface area contributed by atoms with Gasteiger partial charge in [-0.2, -0.15) is 0 Å². The van der Waals surface area contributed by atoms with Gasteiger partial charge in [0.25, 0.3) is 5.91 Å². The van der Waals surface area contributed by atoms with Gasteiger partial charge in [0.1, 0.15) is 5.01 Å². The minimum Gasteiger partial charge on any atom is -0.351 e. The first kappa shape index (κ1) is 14.2. The third-order valence-corrected chi connectivity index (χ3v) is 4.11. The molecule has 0 atom stereocenters. The molecule has 7 nitrogen and oxygen atoms in total. The third kappa shape index (κ3) is 3.64. The number of likely N-dealkylation sites (N-methyl/N-ethyl adjacent to an activating group) is 1. The van der Waals surface area contributed by atoms with Crippen molar-refractivity contribution in [1.82, 2.24) is 20.3 Å². The van der Waals surface area contributed by atoms with Gasteiger partial charge in [-0.05, 0) is 26.9 Å². The summed E-state index contributed by atoms with van der Waals surface area (Å²) in [5, 5.41) is 16.0. The molecule has 0 aliphatic heterocycles. The van der Waals surface area contributed by atoms with Gasteiger partial charge in [0, 0.05) is 24.9 Å². The van der Waals surface area contributed by atoms with Crippen molar-refractivity contribution in [3.05, 3.63) is 22.5 Å². The highest BCUT2D eigenvalue weighted by Gasteiger charge is 2.28. The molecule has 2 aromatic rings. The predicted octanol–water partition coefficient (Wildman–Crippen LogP) is 1.76. The number of nitrogens with zero attached hydrogens (tertiary/aromatic N) is 4. The minimum atomic E-state index is -0.329. The molecule has 3 rings (SSSR count). The number of carbonyl (C=O) groups is 1. The van der Waals surface area contributed by atoms with Gasteiger partial charge in [0.15, 0.2) is 0 Å². The van der Waals surface area contributed by atoms with Gasteiger partial charge in [-0.3, -0.25) is 10.1 Å². The average molecular weight is 307 g/mol. The zero-order valence-corrected chi connectivity index (χ0v) is 12.8. The molecule has 2 heterocycles. The van der Waals surface area contributed by atoms with Gasteiger partial charge in [-0.1, -0.05) is 16.5 Å². The molecule has 1 amide bonds. The Labute approximate surface area is 126 Å². The van der Waals surface area contributed by atoms with Crippen molar-refractivity contribution in [1.29, 1.82) is 0 Å². The highest BCUT2D eigenvalue weighted by molar-refractivity contribution is 7.15. The van der Waals surface area contributed by atoms with Gasteiger partial charge in [-0.15, -0.1) is 10.2 Å². The summed E-state index contributed by atoms with van der Waals surface area (Å²) in [5.41, 5.74) is 0.865. The van der Waals surface area contributed by atoms with Gasteiger partial charge in [-0.25, -0.2) is 0 Å². The molecule has 1 aliphatic carbocycles. The van der Waals surface area contributed by atoms with Crippen LogP contribution in [0.1, 0.15) is 40.0 Å². The summed E-state index contributed by atoms with van der Waals surface area (Å²) in [6.45, 7) is 0.898. The summed E-state index contributed by atoms with van der Waals surface area (Å²) in [6.07, 6.45) is 3.06. The first-order chi connectivity index (χ1) is 10.1. The van der Waals surface area contributed by atoms with Crippen LogP contribution in [0.2, 0.25) is 0 Å². The number of nitrogens with one attached hydrogen (secondary N) is 1. The van der Waals surface area contributed by atoms with E-state index in [0.29, 0.717) is 11.0 Å². The second-order valence-electron chi connectivity index (χ2n) is 5.40. The van der Waals surface area contributed by atoms with Crippen LogP contribution in [0.3, 0.4) is 0 Å². The summed E-state index contributed by atoms with van der Waals surface area (Å²) in [6, 6.07) is 1.71. The van der Waals surface area contributed by atoms with Crippen molar-refractivity contribution in [3.63, 3.8) is 0 Å². The lowest BCUT2D eigenvalue weighted by atomic mass is 10.3. The van der Waals surface area contributed by atoms with E-state index in [1.807, 2.05) is 14.1 Å². The van der Waals surface area contributed by atoms with Crippen LogP contribution >= 0.6 is 11.3 Å². The Morgan fingerprint density at radius 3 is 3.00 bits per heavy atom. The monoisotopic (exact) mass is 307 g/mol. The number of amides is 1. The molecule has 1 saturated carbocycles. The van der Waals surface area contributed by atoms with Crippen LogP contribution in [0.4, 0.5) is 5.13 Å². The summed E-state index contributed by atoms with van der Waals surface area (Å²) < 4.78 is 5.07. The van der Waals surface area contributed by atoms with Gasteiger partial charge in [0.05, 0.1) is 5.69 Å². The van der Waals surface area contributed by atoms with Crippen molar-refractivity contribution in [3.8, 4) is 0 Å². The molecule has 2 aromatic heterocycles. The van der Waals surface area contributed by atoms with E-state index in [0.717, 1.165) is 36.5 Å². The molecule has 1 fully saturated rings. The van der Waals surface area contributed by atoms with Crippen LogP contribution in [-0.4, -0.2) is 46.8 Å². The second-order valence-corrected chi connectivity index (χ2v) is 6.46. The Balaban J connectivity index is 1.58. The van der Waals surface area contributed by atoms with E-state index in [4.69, 9.17) is 4.52 Å². The largest absolute Gasteiger partial charge is 0.351 e. The smallest absolute Gasteiger partial charge is 0.296 e. The number of rotatable bonds is 6. The van der Waals surface area contributed by atoms with Gasteiger partial charge in [0.2, 0.25) is 10.9 Å². The van der Waals surface area contributed by atoms with Crippen LogP contribution in [0.25, 0.3) is 0 Å². The van der Waals surface area contributed by atoms with Crippen LogP contribution in [0, 0.1) is 0 Å². The lowest BCUT2D eigenvalue weighted by Crippen LogP contribution is -2.14. The van der Waals surface area contributed by atoms with E-state index >= 15 is 0 Å². The molecule has 0 unspecified atom stereocenters. The van der Waals surface area contributed by atoms with E-state index in [1.165, 1.54) is 11.3 Å². The zero-order chi connectivity index (χ0) is 14.8. The maximum atomic E-state index is 12.0. The first-order valence-electron chi connectivity index (χ1n) is 6.87. The van der Waals surface area contributed by atoms with Gasteiger partial charge >= 0.3 is 0 Å². The summed E-state index contributed by atoms with van der Waals surface area (Å²) in [5.74, 6) is 0.362.